The maximum Gasteiger partial charge on any atom is 0.164 e. The van der Waals surface area contributed by atoms with Crippen molar-refractivity contribution in [2.75, 3.05) is 0 Å². The Morgan fingerprint density at radius 2 is 1.83 bits per heavy atom. The lowest BCUT2D eigenvalue weighted by molar-refractivity contribution is 0.489. The van der Waals surface area contributed by atoms with Gasteiger partial charge in [-0.2, -0.15) is 0 Å². The van der Waals surface area contributed by atoms with E-state index in [1.807, 2.05) is 24.3 Å². The largest absolute Gasteiger partial charge is 0.320 e. The van der Waals surface area contributed by atoms with Crippen LogP contribution in [0.25, 0.3) is 0 Å². The SMILES string of the molecule is Cc1ccc(C(N)c2cccc(I)c2)c(F)c1F. The van der Waals surface area contributed by atoms with Crippen molar-refractivity contribution in [2.24, 2.45) is 5.73 Å². The van der Waals surface area contributed by atoms with Crippen molar-refractivity contribution in [3.8, 4) is 0 Å². The van der Waals surface area contributed by atoms with Crippen molar-refractivity contribution in [2.45, 2.75) is 13.0 Å². The second-order valence-electron chi connectivity index (χ2n) is 4.13. The van der Waals surface area contributed by atoms with E-state index in [0.29, 0.717) is 0 Å². The van der Waals surface area contributed by atoms with E-state index in [9.17, 15) is 8.78 Å². The van der Waals surface area contributed by atoms with Crippen molar-refractivity contribution in [3.63, 3.8) is 0 Å². The quantitative estimate of drug-likeness (QED) is 0.808. The van der Waals surface area contributed by atoms with Crippen LogP contribution in [0.3, 0.4) is 0 Å². The van der Waals surface area contributed by atoms with E-state index in [1.54, 1.807) is 6.07 Å². The van der Waals surface area contributed by atoms with Crippen LogP contribution in [0.1, 0.15) is 22.7 Å². The summed E-state index contributed by atoms with van der Waals surface area (Å²) in [6, 6.07) is 9.86. The van der Waals surface area contributed by atoms with Crippen LogP contribution in [-0.2, 0) is 0 Å². The van der Waals surface area contributed by atoms with Gasteiger partial charge in [0, 0.05) is 9.13 Å². The zero-order valence-corrected chi connectivity index (χ0v) is 11.9. The van der Waals surface area contributed by atoms with Gasteiger partial charge in [-0.1, -0.05) is 24.3 Å². The Kier molecular flexibility index (Phi) is 3.97. The van der Waals surface area contributed by atoms with Gasteiger partial charge in [0.25, 0.3) is 0 Å². The third-order valence-corrected chi connectivity index (χ3v) is 3.52. The molecule has 2 N–H and O–H groups in total. The summed E-state index contributed by atoms with van der Waals surface area (Å²) in [6.07, 6.45) is 0. The highest BCUT2D eigenvalue weighted by Gasteiger charge is 2.18. The van der Waals surface area contributed by atoms with Gasteiger partial charge < -0.3 is 5.73 Å². The summed E-state index contributed by atoms with van der Waals surface area (Å²) in [5.41, 5.74) is 7.23. The van der Waals surface area contributed by atoms with Crippen LogP contribution in [-0.4, -0.2) is 0 Å². The molecule has 0 aliphatic heterocycles. The molecule has 1 unspecified atom stereocenters. The van der Waals surface area contributed by atoms with Gasteiger partial charge in [-0.3, -0.25) is 0 Å². The molecule has 0 aliphatic rings. The number of hydrogen-bond donors (Lipinski definition) is 1. The molecule has 2 aromatic rings. The first-order chi connectivity index (χ1) is 8.50. The van der Waals surface area contributed by atoms with E-state index in [1.165, 1.54) is 13.0 Å². The molecule has 0 aliphatic carbocycles. The highest BCUT2D eigenvalue weighted by molar-refractivity contribution is 14.1. The molecule has 4 heteroatoms. The molecular formula is C14H12F2IN. The Hall–Kier alpha value is -1.01. The Morgan fingerprint density at radius 1 is 1.11 bits per heavy atom. The zero-order chi connectivity index (χ0) is 13.3. The number of nitrogens with two attached hydrogens (primary N) is 1. The summed E-state index contributed by atoms with van der Waals surface area (Å²) in [6.45, 7) is 1.53. The molecular weight excluding hydrogens is 347 g/mol. The fraction of sp³-hybridized carbons (Fsp3) is 0.143. The van der Waals surface area contributed by atoms with Crippen LogP contribution in [0.15, 0.2) is 36.4 Å². The molecule has 0 heterocycles. The van der Waals surface area contributed by atoms with E-state index in [0.717, 1.165) is 9.13 Å². The lowest BCUT2D eigenvalue weighted by Crippen LogP contribution is -2.15. The van der Waals surface area contributed by atoms with Gasteiger partial charge in [0.1, 0.15) is 0 Å². The van der Waals surface area contributed by atoms with E-state index >= 15 is 0 Å². The molecule has 1 nitrogen and oxygen atoms in total. The minimum absolute atomic E-state index is 0.181. The molecule has 0 spiro atoms. The van der Waals surface area contributed by atoms with Crippen LogP contribution in [0.5, 0.6) is 0 Å². The Morgan fingerprint density at radius 3 is 2.50 bits per heavy atom. The molecule has 1 atom stereocenters. The van der Waals surface area contributed by atoms with Crippen molar-refractivity contribution in [3.05, 3.63) is 68.3 Å². The molecule has 0 radical (unpaired) electrons. The normalized spacial score (nSPS) is 12.5. The third kappa shape index (κ3) is 2.54. The second kappa shape index (κ2) is 5.32. The summed E-state index contributed by atoms with van der Waals surface area (Å²) < 4.78 is 28.4. The van der Waals surface area contributed by atoms with Crippen molar-refractivity contribution in [1.29, 1.82) is 0 Å². The molecule has 0 saturated carbocycles. The first-order valence-electron chi connectivity index (χ1n) is 5.46. The molecule has 0 aromatic heterocycles. The molecule has 0 fully saturated rings. The highest BCUT2D eigenvalue weighted by Crippen LogP contribution is 2.26. The fourth-order valence-electron chi connectivity index (χ4n) is 1.78. The maximum atomic E-state index is 13.8. The highest BCUT2D eigenvalue weighted by atomic mass is 127. The molecule has 0 saturated heterocycles. The van der Waals surface area contributed by atoms with Crippen LogP contribution < -0.4 is 5.73 Å². The number of benzene rings is 2. The monoisotopic (exact) mass is 359 g/mol. The van der Waals surface area contributed by atoms with Gasteiger partial charge in [-0.25, -0.2) is 8.78 Å². The lowest BCUT2D eigenvalue weighted by Gasteiger charge is -2.15. The van der Waals surface area contributed by atoms with Crippen molar-refractivity contribution >= 4 is 22.6 Å². The summed E-state index contributed by atoms with van der Waals surface area (Å²) in [5.74, 6) is -1.69. The molecule has 0 amide bonds. The van der Waals surface area contributed by atoms with Gasteiger partial charge >= 0.3 is 0 Å². The third-order valence-electron chi connectivity index (χ3n) is 2.85. The molecule has 94 valence electrons. The van der Waals surface area contributed by atoms with E-state index < -0.39 is 17.7 Å². The van der Waals surface area contributed by atoms with Crippen LogP contribution >= 0.6 is 22.6 Å². The number of rotatable bonds is 2. The van der Waals surface area contributed by atoms with E-state index in [4.69, 9.17) is 5.73 Å². The molecule has 2 rings (SSSR count). The summed E-state index contributed by atoms with van der Waals surface area (Å²) in [7, 11) is 0. The molecule has 0 bridgehead atoms. The predicted molar refractivity (Wildman–Crippen MR) is 76.3 cm³/mol. The minimum Gasteiger partial charge on any atom is -0.320 e. The standard InChI is InChI=1S/C14H12F2IN/c1-8-5-6-11(13(16)12(8)15)14(18)9-3-2-4-10(17)7-9/h2-7,14H,18H2,1H3. The van der Waals surface area contributed by atoms with Gasteiger partial charge in [0.15, 0.2) is 11.6 Å². The average molecular weight is 359 g/mol. The molecule has 18 heavy (non-hydrogen) atoms. The lowest BCUT2D eigenvalue weighted by atomic mass is 9.98. The Balaban J connectivity index is 2.46. The molecule has 2 aromatic carbocycles. The van der Waals surface area contributed by atoms with E-state index in [2.05, 4.69) is 22.6 Å². The Bertz CT molecular complexity index is 584. The van der Waals surface area contributed by atoms with Crippen molar-refractivity contribution in [1.82, 2.24) is 0 Å². The number of hydrogen-bond acceptors (Lipinski definition) is 1. The summed E-state index contributed by atoms with van der Waals surface area (Å²) in [4.78, 5) is 0. The van der Waals surface area contributed by atoms with Crippen LogP contribution in [0.2, 0.25) is 0 Å². The minimum atomic E-state index is -0.860. The number of aryl methyl sites for hydroxylation is 1. The van der Waals surface area contributed by atoms with Gasteiger partial charge in [-0.05, 0) is 52.8 Å². The Labute approximate surface area is 118 Å². The van der Waals surface area contributed by atoms with E-state index in [-0.39, 0.29) is 11.1 Å². The predicted octanol–water partition coefficient (Wildman–Crippen LogP) is 3.93. The summed E-state index contributed by atoms with van der Waals surface area (Å²) >= 11 is 2.16. The topological polar surface area (TPSA) is 26.0 Å². The van der Waals surface area contributed by atoms with Crippen molar-refractivity contribution < 1.29 is 8.78 Å². The fourth-order valence-corrected chi connectivity index (χ4v) is 2.35. The average Bonchev–Trinajstić information content (AvgIpc) is 2.35. The second-order valence-corrected chi connectivity index (χ2v) is 5.38. The first-order valence-corrected chi connectivity index (χ1v) is 6.54. The van der Waals surface area contributed by atoms with Gasteiger partial charge in [-0.15, -0.1) is 0 Å². The van der Waals surface area contributed by atoms with Gasteiger partial charge in [0.2, 0.25) is 0 Å². The zero-order valence-electron chi connectivity index (χ0n) is 9.75. The maximum absolute atomic E-state index is 13.8. The smallest absolute Gasteiger partial charge is 0.164 e. The van der Waals surface area contributed by atoms with Gasteiger partial charge in [0.05, 0.1) is 6.04 Å². The first kappa shape index (κ1) is 13.4. The number of halogens is 3. The van der Waals surface area contributed by atoms with Crippen LogP contribution in [0, 0.1) is 22.1 Å². The van der Waals surface area contributed by atoms with Crippen LogP contribution in [0.4, 0.5) is 8.78 Å². The summed E-state index contributed by atoms with van der Waals surface area (Å²) in [5, 5.41) is 0.